The number of carbonyl (C=O) groups excluding carboxylic acids is 2. The molecule has 1 aromatic heterocycles. The molecule has 0 N–H and O–H groups in total. The zero-order valence-electron chi connectivity index (χ0n) is 15.1. The minimum absolute atomic E-state index is 0.0498. The van der Waals surface area contributed by atoms with E-state index in [4.69, 9.17) is 0 Å². The van der Waals surface area contributed by atoms with E-state index in [2.05, 4.69) is 17.1 Å². The van der Waals surface area contributed by atoms with Crippen molar-refractivity contribution in [3.05, 3.63) is 51.5 Å². The van der Waals surface area contributed by atoms with E-state index in [1.807, 2.05) is 41.8 Å². The minimum atomic E-state index is 0.0498. The standard InChI is InChI=1S/C20H23N3O2S/c1-13-18(26-14(2)21-13)20(25)23-10-8-22(9-11-23)19(24)17-12-16(17)15-6-4-3-5-7-15/h3-7,16-17H,8-12H2,1-2H3. The first-order chi connectivity index (χ1) is 12.5. The Hall–Kier alpha value is -2.21. The Morgan fingerprint density at radius 3 is 2.31 bits per heavy atom. The Morgan fingerprint density at radius 1 is 1.04 bits per heavy atom. The van der Waals surface area contributed by atoms with E-state index in [1.165, 1.54) is 16.9 Å². The summed E-state index contributed by atoms with van der Waals surface area (Å²) >= 11 is 1.45. The van der Waals surface area contributed by atoms with Crippen molar-refractivity contribution in [3.8, 4) is 0 Å². The maximum atomic E-state index is 12.8. The van der Waals surface area contributed by atoms with E-state index >= 15 is 0 Å². The Kier molecular flexibility index (Phi) is 4.53. The van der Waals surface area contributed by atoms with Crippen LogP contribution >= 0.6 is 11.3 Å². The highest BCUT2D eigenvalue weighted by atomic mass is 32.1. The molecule has 0 radical (unpaired) electrons. The van der Waals surface area contributed by atoms with Gasteiger partial charge in [-0.15, -0.1) is 11.3 Å². The summed E-state index contributed by atoms with van der Waals surface area (Å²) in [6.07, 6.45) is 0.946. The van der Waals surface area contributed by atoms with Crippen molar-refractivity contribution in [2.75, 3.05) is 26.2 Å². The van der Waals surface area contributed by atoms with Gasteiger partial charge in [-0.05, 0) is 31.7 Å². The fraction of sp³-hybridized carbons (Fsp3) is 0.450. The second-order valence-electron chi connectivity index (χ2n) is 7.12. The normalized spacial score (nSPS) is 22.4. The lowest BCUT2D eigenvalue weighted by Crippen LogP contribution is -2.51. The van der Waals surface area contributed by atoms with E-state index in [9.17, 15) is 9.59 Å². The van der Waals surface area contributed by atoms with Gasteiger partial charge in [0.1, 0.15) is 4.88 Å². The first-order valence-electron chi connectivity index (χ1n) is 9.11. The zero-order chi connectivity index (χ0) is 18.3. The van der Waals surface area contributed by atoms with Crippen molar-refractivity contribution in [1.82, 2.24) is 14.8 Å². The van der Waals surface area contributed by atoms with Crippen LogP contribution in [0.1, 0.15) is 38.3 Å². The molecule has 2 atom stereocenters. The van der Waals surface area contributed by atoms with Crippen LogP contribution in [0.3, 0.4) is 0 Å². The Morgan fingerprint density at radius 2 is 1.69 bits per heavy atom. The van der Waals surface area contributed by atoms with Crippen LogP contribution in [0.4, 0.5) is 0 Å². The maximum absolute atomic E-state index is 12.8. The highest BCUT2D eigenvalue weighted by Crippen LogP contribution is 2.48. The van der Waals surface area contributed by atoms with E-state index in [-0.39, 0.29) is 17.7 Å². The number of benzene rings is 1. The first kappa shape index (κ1) is 17.2. The predicted octanol–water partition coefficient (Wildman–Crippen LogP) is 2.85. The number of amides is 2. The van der Waals surface area contributed by atoms with Crippen LogP contribution in [0.25, 0.3) is 0 Å². The van der Waals surface area contributed by atoms with Gasteiger partial charge in [0.05, 0.1) is 10.7 Å². The summed E-state index contributed by atoms with van der Waals surface area (Å²) < 4.78 is 0. The molecule has 1 saturated carbocycles. The van der Waals surface area contributed by atoms with Crippen molar-refractivity contribution >= 4 is 23.2 Å². The van der Waals surface area contributed by atoms with Gasteiger partial charge in [0, 0.05) is 32.1 Å². The summed E-state index contributed by atoms with van der Waals surface area (Å²) in [6.45, 7) is 6.25. The van der Waals surface area contributed by atoms with Crippen LogP contribution in [0.2, 0.25) is 0 Å². The van der Waals surface area contributed by atoms with Gasteiger partial charge in [0.15, 0.2) is 0 Å². The van der Waals surface area contributed by atoms with E-state index in [1.54, 1.807) is 0 Å². The molecule has 2 heterocycles. The lowest BCUT2D eigenvalue weighted by atomic mass is 10.1. The molecule has 1 aliphatic carbocycles. The van der Waals surface area contributed by atoms with Crippen molar-refractivity contribution < 1.29 is 9.59 Å². The third kappa shape index (κ3) is 3.26. The molecule has 136 valence electrons. The molecular formula is C20H23N3O2S. The minimum Gasteiger partial charge on any atom is -0.339 e. The Balaban J connectivity index is 1.33. The molecular weight excluding hydrogens is 346 g/mol. The summed E-state index contributed by atoms with van der Waals surface area (Å²) in [5.74, 6) is 0.779. The molecule has 26 heavy (non-hydrogen) atoms. The van der Waals surface area contributed by atoms with E-state index in [0.717, 1.165) is 22.0 Å². The number of hydrogen-bond acceptors (Lipinski definition) is 4. The van der Waals surface area contributed by atoms with Gasteiger partial charge in [-0.2, -0.15) is 0 Å². The van der Waals surface area contributed by atoms with Crippen LogP contribution in [-0.4, -0.2) is 52.8 Å². The summed E-state index contributed by atoms with van der Waals surface area (Å²) in [5, 5.41) is 0.917. The fourth-order valence-corrected chi connectivity index (χ4v) is 4.66. The smallest absolute Gasteiger partial charge is 0.265 e. The quantitative estimate of drug-likeness (QED) is 0.836. The summed E-state index contributed by atoms with van der Waals surface area (Å²) in [7, 11) is 0. The molecule has 4 rings (SSSR count). The number of piperazine rings is 1. The van der Waals surface area contributed by atoms with Crippen LogP contribution in [0, 0.1) is 19.8 Å². The lowest BCUT2D eigenvalue weighted by molar-refractivity contribution is -0.134. The molecule has 2 aliphatic rings. The second kappa shape index (κ2) is 6.83. The van der Waals surface area contributed by atoms with Crippen LogP contribution in [0.15, 0.2) is 30.3 Å². The van der Waals surface area contributed by atoms with Crippen molar-refractivity contribution in [3.63, 3.8) is 0 Å². The van der Waals surface area contributed by atoms with Gasteiger partial charge in [0.25, 0.3) is 5.91 Å². The second-order valence-corrected chi connectivity index (χ2v) is 8.33. The van der Waals surface area contributed by atoms with Gasteiger partial charge < -0.3 is 9.80 Å². The predicted molar refractivity (Wildman–Crippen MR) is 101 cm³/mol. The molecule has 1 aromatic carbocycles. The van der Waals surface area contributed by atoms with Crippen LogP contribution in [0.5, 0.6) is 0 Å². The molecule has 1 aliphatic heterocycles. The molecule has 0 bridgehead atoms. The third-order valence-corrected chi connectivity index (χ3v) is 6.37. The molecule has 6 heteroatoms. The average molecular weight is 369 g/mol. The van der Waals surface area contributed by atoms with E-state index < -0.39 is 0 Å². The van der Waals surface area contributed by atoms with Crippen molar-refractivity contribution in [1.29, 1.82) is 0 Å². The van der Waals surface area contributed by atoms with Crippen molar-refractivity contribution in [2.45, 2.75) is 26.2 Å². The molecule has 2 amide bonds. The summed E-state index contributed by atoms with van der Waals surface area (Å²) in [5.41, 5.74) is 2.07. The zero-order valence-corrected chi connectivity index (χ0v) is 16.0. The highest BCUT2D eigenvalue weighted by molar-refractivity contribution is 7.13. The Labute approximate surface area is 157 Å². The maximum Gasteiger partial charge on any atom is 0.265 e. The molecule has 5 nitrogen and oxygen atoms in total. The van der Waals surface area contributed by atoms with Gasteiger partial charge in [-0.1, -0.05) is 30.3 Å². The molecule has 2 aromatic rings. The van der Waals surface area contributed by atoms with Crippen LogP contribution in [-0.2, 0) is 4.79 Å². The van der Waals surface area contributed by atoms with E-state index in [0.29, 0.717) is 32.1 Å². The van der Waals surface area contributed by atoms with Crippen LogP contribution < -0.4 is 0 Å². The number of hydrogen-bond donors (Lipinski definition) is 0. The highest BCUT2D eigenvalue weighted by Gasteiger charge is 2.46. The molecule has 1 saturated heterocycles. The van der Waals surface area contributed by atoms with Gasteiger partial charge >= 0.3 is 0 Å². The number of nitrogens with zero attached hydrogens (tertiary/aromatic N) is 3. The fourth-order valence-electron chi connectivity index (χ4n) is 3.77. The summed E-state index contributed by atoms with van der Waals surface area (Å²) in [4.78, 5) is 34.3. The number of aromatic nitrogens is 1. The number of rotatable bonds is 3. The Bertz CT molecular complexity index is 825. The molecule has 2 fully saturated rings. The SMILES string of the molecule is Cc1nc(C)c(C(=O)N2CCN(C(=O)C3CC3c3ccccc3)CC2)s1. The molecule has 0 spiro atoms. The van der Waals surface area contributed by atoms with Crippen molar-refractivity contribution in [2.24, 2.45) is 5.92 Å². The topological polar surface area (TPSA) is 53.5 Å². The number of thiazole rings is 1. The van der Waals surface area contributed by atoms with Gasteiger partial charge in [-0.3, -0.25) is 9.59 Å². The average Bonchev–Trinajstić information content (AvgIpc) is 3.39. The number of carbonyl (C=O) groups is 2. The largest absolute Gasteiger partial charge is 0.339 e. The van der Waals surface area contributed by atoms with Gasteiger partial charge in [-0.25, -0.2) is 4.98 Å². The first-order valence-corrected chi connectivity index (χ1v) is 9.93. The number of aryl methyl sites for hydroxylation is 2. The monoisotopic (exact) mass is 369 g/mol. The van der Waals surface area contributed by atoms with Gasteiger partial charge in [0.2, 0.25) is 5.91 Å². The molecule has 2 unspecified atom stereocenters. The third-order valence-electron chi connectivity index (χ3n) is 5.31. The summed E-state index contributed by atoms with van der Waals surface area (Å²) in [6, 6.07) is 10.3. The lowest BCUT2D eigenvalue weighted by Gasteiger charge is -2.34.